The van der Waals surface area contributed by atoms with Crippen LogP contribution in [0.25, 0.3) is 0 Å². The Morgan fingerprint density at radius 2 is 1.57 bits per heavy atom. The van der Waals surface area contributed by atoms with Gasteiger partial charge in [-0.3, -0.25) is 9.59 Å². The van der Waals surface area contributed by atoms with Gasteiger partial charge in [0.15, 0.2) is 0 Å². The standard InChI is InChI=1S/C18H15NO4/c20-16-14-8-5-6-9(12-7-11(8)12)15(14)17(21)19(16)13-4-2-1-3-10(13)18(22)23/h1-6,8-9,11-12,14-15H,7H2,(H,22,23)/t8-,9+,11-,12-,14+,15-/m1/s1. The van der Waals surface area contributed by atoms with Crippen LogP contribution in [0.1, 0.15) is 16.8 Å². The molecule has 2 amide bonds. The molecule has 3 fully saturated rings. The fourth-order valence-electron chi connectivity index (χ4n) is 5.04. The van der Waals surface area contributed by atoms with Crippen molar-refractivity contribution in [3.05, 3.63) is 42.0 Å². The molecule has 1 N–H and O–H groups in total. The molecule has 6 rings (SSSR count). The van der Waals surface area contributed by atoms with Gasteiger partial charge >= 0.3 is 5.97 Å². The summed E-state index contributed by atoms with van der Waals surface area (Å²) in [5.74, 6) is -0.805. The first kappa shape index (κ1) is 13.0. The zero-order valence-corrected chi connectivity index (χ0v) is 12.3. The molecule has 23 heavy (non-hydrogen) atoms. The van der Waals surface area contributed by atoms with Crippen molar-refractivity contribution in [2.75, 3.05) is 4.90 Å². The molecule has 0 unspecified atom stereocenters. The van der Waals surface area contributed by atoms with Gasteiger partial charge in [0.1, 0.15) is 0 Å². The van der Waals surface area contributed by atoms with Crippen LogP contribution < -0.4 is 4.90 Å². The second-order valence-electron chi connectivity index (χ2n) is 6.99. The lowest BCUT2D eigenvalue weighted by Gasteiger charge is -2.37. The molecule has 5 heteroatoms. The van der Waals surface area contributed by atoms with Crippen molar-refractivity contribution < 1.29 is 19.5 Å². The van der Waals surface area contributed by atoms with Crippen molar-refractivity contribution in [3.63, 3.8) is 0 Å². The van der Waals surface area contributed by atoms with Crippen LogP contribution >= 0.6 is 0 Å². The van der Waals surface area contributed by atoms with Crippen LogP contribution in [0.3, 0.4) is 0 Å². The highest BCUT2D eigenvalue weighted by atomic mass is 16.4. The molecule has 1 aromatic rings. The van der Waals surface area contributed by atoms with Crippen molar-refractivity contribution >= 4 is 23.5 Å². The number of anilines is 1. The number of carbonyl (C=O) groups is 3. The zero-order valence-electron chi connectivity index (χ0n) is 12.3. The predicted molar refractivity (Wildman–Crippen MR) is 80.6 cm³/mol. The average Bonchev–Trinajstić information content (AvgIpc) is 3.32. The molecule has 1 saturated heterocycles. The lowest BCUT2D eigenvalue weighted by atomic mass is 9.63. The molecule has 116 valence electrons. The van der Waals surface area contributed by atoms with Gasteiger partial charge in [-0.05, 0) is 42.2 Å². The van der Waals surface area contributed by atoms with Crippen LogP contribution in [0.2, 0.25) is 0 Å². The third-order valence-electron chi connectivity index (χ3n) is 6.04. The monoisotopic (exact) mass is 309 g/mol. The molecule has 2 saturated carbocycles. The van der Waals surface area contributed by atoms with E-state index in [0.29, 0.717) is 11.8 Å². The molecule has 0 spiro atoms. The van der Waals surface area contributed by atoms with E-state index in [0.717, 1.165) is 11.3 Å². The number of nitrogens with zero attached hydrogens (tertiary/aromatic N) is 1. The molecule has 5 nitrogen and oxygen atoms in total. The number of hydrogen-bond acceptors (Lipinski definition) is 3. The summed E-state index contributed by atoms with van der Waals surface area (Å²) in [6.07, 6.45) is 5.33. The Balaban J connectivity index is 1.61. The first-order chi connectivity index (χ1) is 11.1. The van der Waals surface area contributed by atoms with Crippen LogP contribution in [-0.4, -0.2) is 22.9 Å². The summed E-state index contributed by atoms with van der Waals surface area (Å²) in [5.41, 5.74) is 0.204. The zero-order chi connectivity index (χ0) is 15.9. The number of carboxylic acid groups (broad SMARTS) is 1. The number of allylic oxidation sites excluding steroid dienone is 2. The highest BCUT2D eigenvalue weighted by Gasteiger charge is 2.67. The molecule has 1 aliphatic heterocycles. The van der Waals surface area contributed by atoms with Crippen LogP contribution in [0, 0.1) is 35.5 Å². The maximum Gasteiger partial charge on any atom is 0.337 e. The van der Waals surface area contributed by atoms with E-state index in [4.69, 9.17) is 0 Å². The Bertz CT molecular complexity index is 762. The normalized spacial score (nSPS) is 39.4. The largest absolute Gasteiger partial charge is 0.478 e. The number of carboxylic acids is 1. The maximum atomic E-state index is 13.0. The summed E-state index contributed by atoms with van der Waals surface area (Å²) in [4.78, 5) is 38.5. The summed E-state index contributed by atoms with van der Waals surface area (Å²) < 4.78 is 0. The van der Waals surface area contributed by atoms with Gasteiger partial charge in [0, 0.05) is 0 Å². The number of rotatable bonds is 2. The summed E-state index contributed by atoms with van der Waals surface area (Å²) in [6, 6.07) is 6.25. The number of aromatic carboxylic acids is 1. The van der Waals surface area contributed by atoms with Gasteiger partial charge in [0.2, 0.25) is 11.8 Å². The molecule has 4 aliphatic carbocycles. The Hall–Kier alpha value is -2.43. The van der Waals surface area contributed by atoms with E-state index in [-0.39, 0.29) is 46.7 Å². The van der Waals surface area contributed by atoms with E-state index in [1.807, 2.05) is 0 Å². The summed E-state index contributed by atoms with van der Waals surface area (Å²) in [5, 5.41) is 9.36. The average molecular weight is 309 g/mol. The van der Waals surface area contributed by atoms with Gasteiger partial charge in [-0.15, -0.1) is 0 Å². The predicted octanol–water partition coefficient (Wildman–Crippen LogP) is 1.94. The Morgan fingerprint density at radius 1 is 1.00 bits per heavy atom. The first-order valence-electron chi connectivity index (χ1n) is 7.98. The molecule has 1 aromatic carbocycles. The summed E-state index contributed by atoms with van der Waals surface area (Å²) >= 11 is 0. The minimum atomic E-state index is -1.12. The fourth-order valence-corrected chi connectivity index (χ4v) is 5.04. The Morgan fingerprint density at radius 3 is 2.13 bits per heavy atom. The molecule has 1 heterocycles. The van der Waals surface area contributed by atoms with Crippen molar-refractivity contribution in [2.24, 2.45) is 35.5 Å². The highest BCUT2D eigenvalue weighted by molar-refractivity contribution is 6.24. The molecule has 6 atom stereocenters. The third kappa shape index (κ3) is 1.49. The van der Waals surface area contributed by atoms with Gasteiger partial charge in [0.25, 0.3) is 0 Å². The third-order valence-corrected chi connectivity index (χ3v) is 6.04. The van der Waals surface area contributed by atoms with Gasteiger partial charge in [-0.2, -0.15) is 0 Å². The van der Waals surface area contributed by atoms with Crippen LogP contribution in [0.4, 0.5) is 5.69 Å². The van der Waals surface area contributed by atoms with E-state index in [9.17, 15) is 19.5 Å². The number of amides is 2. The number of imide groups is 1. The van der Waals surface area contributed by atoms with E-state index in [1.165, 1.54) is 6.07 Å². The topological polar surface area (TPSA) is 74.7 Å². The summed E-state index contributed by atoms with van der Waals surface area (Å²) in [7, 11) is 0. The second kappa shape index (κ2) is 4.10. The van der Waals surface area contributed by atoms with Crippen LogP contribution in [-0.2, 0) is 9.59 Å². The van der Waals surface area contributed by atoms with Crippen molar-refractivity contribution in [2.45, 2.75) is 6.42 Å². The van der Waals surface area contributed by atoms with E-state index in [1.54, 1.807) is 18.2 Å². The van der Waals surface area contributed by atoms with E-state index < -0.39 is 5.97 Å². The Labute approximate surface area is 132 Å². The molecular weight excluding hydrogens is 294 g/mol. The van der Waals surface area contributed by atoms with Gasteiger partial charge in [-0.1, -0.05) is 24.3 Å². The minimum absolute atomic E-state index is 0.00156. The van der Waals surface area contributed by atoms with Gasteiger partial charge in [-0.25, -0.2) is 9.69 Å². The number of para-hydroxylation sites is 1. The lowest BCUT2D eigenvalue weighted by molar-refractivity contribution is -0.124. The van der Waals surface area contributed by atoms with Crippen molar-refractivity contribution in [1.82, 2.24) is 0 Å². The minimum Gasteiger partial charge on any atom is -0.478 e. The van der Waals surface area contributed by atoms with Crippen LogP contribution in [0.15, 0.2) is 36.4 Å². The molecule has 0 radical (unpaired) electrons. The first-order valence-corrected chi connectivity index (χ1v) is 7.98. The number of hydrogen-bond donors (Lipinski definition) is 1. The Kier molecular flexibility index (Phi) is 2.33. The molecule has 0 aromatic heterocycles. The quantitative estimate of drug-likeness (QED) is 0.669. The second-order valence-corrected chi connectivity index (χ2v) is 6.99. The van der Waals surface area contributed by atoms with Gasteiger partial charge in [0.05, 0.1) is 23.1 Å². The maximum absolute atomic E-state index is 13.0. The molecule has 5 aliphatic rings. The molecule has 2 bridgehead atoms. The number of benzene rings is 1. The smallest absolute Gasteiger partial charge is 0.337 e. The van der Waals surface area contributed by atoms with Crippen molar-refractivity contribution in [1.29, 1.82) is 0 Å². The highest BCUT2D eigenvalue weighted by Crippen LogP contribution is 2.65. The summed E-state index contributed by atoms with van der Waals surface area (Å²) in [6.45, 7) is 0. The van der Waals surface area contributed by atoms with E-state index >= 15 is 0 Å². The van der Waals surface area contributed by atoms with Crippen LogP contribution in [0.5, 0.6) is 0 Å². The van der Waals surface area contributed by atoms with E-state index in [2.05, 4.69) is 12.2 Å². The molecular formula is C18H15NO4. The fraction of sp³-hybridized carbons (Fsp3) is 0.389. The lowest BCUT2D eigenvalue weighted by Crippen LogP contribution is -2.40. The van der Waals surface area contributed by atoms with Crippen molar-refractivity contribution in [3.8, 4) is 0 Å². The number of carbonyl (C=O) groups excluding carboxylic acids is 2. The van der Waals surface area contributed by atoms with Gasteiger partial charge < -0.3 is 5.11 Å². The SMILES string of the molecule is O=C(O)c1ccccc1N1C(=O)[C@@H]2[C@H]3C=C[C@H]([C@H]4C[C@H]34)[C@@H]2C1=O.